The first kappa shape index (κ1) is 18.0. The number of nitrogens with zero attached hydrogens (tertiary/aromatic N) is 1. The third-order valence-electron chi connectivity index (χ3n) is 3.65. The lowest BCUT2D eigenvalue weighted by atomic mass is 10.1. The zero-order valence-corrected chi connectivity index (χ0v) is 14.2. The van der Waals surface area contributed by atoms with Crippen LogP contribution in [-0.4, -0.2) is 31.8 Å². The number of carbonyl (C=O) groups excluding carboxylic acids is 1. The van der Waals surface area contributed by atoms with Gasteiger partial charge in [-0.05, 0) is 42.5 Å². The summed E-state index contributed by atoms with van der Waals surface area (Å²) in [7, 11) is 0. The number of ether oxygens (including phenoxy) is 2. The van der Waals surface area contributed by atoms with E-state index in [9.17, 15) is 10.1 Å². The minimum atomic E-state index is -0.367. The minimum absolute atomic E-state index is 0.0614. The van der Waals surface area contributed by atoms with Crippen molar-refractivity contribution in [3.05, 3.63) is 35.4 Å². The van der Waals surface area contributed by atoms with Crippen LogP contribution in [-0.2, 0) is 9.53 Å². The molecule has 1 amide bonds. The van der Waals surface area contributed by atoms with Crippen molar-refractivity contribution >= 4 is 12.0 Å². The van der Waals surface area contributed by atoms with Crippen molar-refractivity contribution in [1.29, 1.82) is 5.26 Å². The second kappa shape index (κ2) is 9.09. The number of rotatable bonds is 7. The van der Waals surface area contributed by atoms with E-state index in [2.05, 4.69) is 19.2 Å². The van der Waals surface area contributed by atoms with Gasteiger partial charge in [0.25, 0.3) is 5.91 Å². The Morgan fingerprint density at radius 3 is 2.79 bits per heavy atom. The van der Waals surface area contributed by atoms with Gasteiger partial charge in [0.05, 0.1) is 12.7 Å². The van der Waals surface area contributed by atoms with E-state index >= 15 is 0 Å². The van der Waals surface area contributed by atoms with Crippen LogP contribution >= 0.6 is 0 Å². The third-order valence-corrected chi connectivity index (χ3v) is 3.65. The molecule has 1 fully saturated rings. The van der Waals surface area contributed by atoms with Gasteiger partial charge < -0.3 is 14.8 Å². The molecular weight excluding hydrogens is 304 g/mol. The van der Waals surface area contributed by atoms with Crippen LogP contribution in [0.4, 0.5) is 0 Å². The van der Waals surface area contributed by atoms with Gasteiger partial charge in [0, 0.05) is 13.2 Å². The van der Waals surface area contributed by atoms with Gasteiger partial charge in [0.1, 0.15) is 17.4 Å². The molecule has 1 aliphatic rings. The van der Waals surface area contributed by atoms with Crippen molar-refractivity contribution < 1.29 is 14.3 Å². The van der Waals surface area contributed by atoms with Crippen LogP contribution in [0.1, 0.15) is 32.3 Å². The molecule has 0 bridgehead atoms. The summed E-state index contributed by atoms with van der Waals surface area (Å²) in [5.74, 6) is 0.873. The van der Waals surface area contributed by atoms with Gasteiger partial charge in [0.2, 0.25) is 0 Å². The Bertz CT molecular complexity index is 608. The van der Waals surface area contributed by atoms with Crippen LogP contribution in [0, 0.1) is 17.2 Å². The maximum atomic E-state index is 12.1. The largest absolute Gasteiger partial charge is 0.493 e. The summed E-state index contributed by atoms with van der Waals surface area (Å²) in [5.41, 5.74) is 0.875. The number of hydrogen-bond donors (Lipinski definition) is 1. The summed E-state index contributed by atoms with van der Waals surface area (Å²) in [6.45, 7) is 6.02. The molecule has 0 spiro atoms. The molecular formula is C19H24N2O3. The van der Waals surface area contributed by atoms with Gasteiger partial charge in [0.15, 0.2) is 0 Å². The Kier molecular flexibility index (Phi) is 6.83. The molecule has 1 heterocycles. The zero-order valence-electron chi connectivity index (χ0n) is 14.2. The van der Waals surface area contributed by atoms with E-state index in [0.29, 0.717) is 19.1 Å². The molecule has 1 N–H and O–H groups in total. The average Bonchev–Trinajstić information content (AvgIpc) is 3.10. The molecule has 0 unspecified atom stereocenters. The number of carbonyl (C=O) groups is 1. The van der Waals surface area contributed by atoms with Crippen LogP contribution in [0.15, 0.2) is 29.8 Å². The lowest BCUT2D eigenvalue weighted by Crippen LogP contribution is -2.32. The van der Waals surface area contributed by atoms with Crippen molar-refractivity contribution in [3.63, 3.8) is 0 Å². The average molecular weight is 328 g/mol. The van der Waals surface area contributed by atoms with E-state index in [-0.39, 0.29) is 17.6 Å². The number of nitriles is 1. The van der Waals surface area contributed by atoms with E-state index < -0.39 is 0 Å². The third kappa shape index (κ3) is 5.71. The molecule has 5 nitrogen and oxygen atoms in total. The molecule has 2 rings (SSSR count). The standard InChI is InChI=1S/C19H24N2O3/c1-14(2)13-24-17-7-5-15(6-8-17)10-16(11-20)19(22)21-12-18-4-3-9-23-18/h5-8,10,14,18H,3-4,9,12-13H2,1-2H3,(H,21,22)/b16-10+/t18-/m0/s1. The fourth-order valence-corrected chi connectivity index (χ4v) is 2.35. The summed E-state index contributed by atoms with van der Waals surface area (Å²) in [4.78, 5) is 12.1. The predicted octanol–water partition coefficient (Wildman–Crippen LogP) is 2.92. The smallest absolute Gasteiger partial charge is 0.262 e. The molecule has 0 aliphatic carbocycles. The minimum Gasteiger partial charge on any atom is -0.493 e. The highest BCUT2D eigenvalue weighted by Crippen LogP contribution is 2.16. The first-order valence-electron chi connectivity index (χ1n) is 8.33. The van der Waals surface area contributed by atoms with Gasteiger partial charge in [-0.3, -0.25) is 4.79 Å². The zero-order chi connectivity index (χ0) is 17.4. The molecule has 1 aromatic carbocycles. The highest BCUT2D eigenvalue weighted by molar-refractivity contribution is 6.01. The van der Waals surface area contributed by atoms with Crippen molar-refractivity contribution in [3.8, 4) is 11.8 Å². The SMILES string of the molecule is CC(C)COc1ccc(/C=C(\C#N)C(=O)NC[C@@H]2CCCO2)cc1. The molecule has 1 aromatic rings. The molecule has 0 radical (unpaired) electrons. The van der Waals surface area contributed by atoms with Crippen LogP contribution in [0.2, 0.25) is 0 Å². The first-order chi connectivity index (χ1) is 11.6. The van der Waals surface area contributed by atoms with Crippen molar-refractivity contribution in [2.75, 3.05) is 19.8 Å². The number of hydrogen-bond acceptors (Lipinski definition) is 4. The Hall–Kier alpha value is -2.32. The highest BCUT2D eigenvalue weighted by Gasteiger charge is 2.17. The predicted molar refractivity (Wildman–Crippen MR) is 92.3 cm³/mol. The van der Waals surface area contributed by atoms with Gasteiger partial charge >= 0.3 is 0 Å². The molecule has 128 valence electrons. The molecule has 1 aliphatic heterocycles. The van der Waals surface area contributed by atoms with Crippen LogP contribution in [0.5, 0.6) is 5.75 Å². The maximum absolute atomic E-state index is 12.1. The highest BCUT2D eigenvalue weighted by atomic mass is 16.5. The van der Waals surface area contributed by atoms with Crippen LogP contribution < -0.4 is 10.1 Å². The van der Waals surface area contributed by atoms with Gasteiger partial charge in [-0.25, -0.2) is 0 Å². The second-order valence-corrected chi connectivity index (χ2v) is 6.29. The summed E-state index contributed by atoms with van der Waals surface area (Å²) >= 11 is 0. The summed E-state index contributed by atoms with van der Waals surface area (Å²) < 4.78 is 11.1. The van der Waals surface area contributed by atoms with E-state index in [1.165, 1.54) is 0 Å². The Labute approximate surface area is 143 Å². The van der Waals surface area contributed by atoms with Gasteiger partial charge in [-0.15, -0.1) is 0 Å². The second-order valence-electron chi connectivity index (χ2n) is 6.29. The lowest BCUT2D eigenvalue weighted by Gasteiger charge is -2.10. The molecule has 1 saturated heterocycles. The van der Waals surface area contributed by atoms with E-state index in [4.69, 9.17) is 9.47 Å². The summed E-state index contributed by atoms with van der Waals surface area (Å²) in [5, 5.41) is 12.0. The monoisotopic (exact) mass is 328 g/mol. The Morgan fingerprint density at radius 2 is 2.21 bits per heavy atom. The molecule has 24 heavy (non-hydrogen) atoms. The van der Waals surface area contributed by atoms with Crippen molar-refractivity contribution in [2.45, 2.75) is 32.8 Å². The Morgan fingerprint density at radius 1 is 1.46 bits per heavy atom. The fraction of sp³-hybridized carbons (Fsp3) is 0.474. The first-order valence-corrected chi connectivity index (χ1v) is 8.33. The van der Waals surface area contributed by atoms with Gasteiger partial charge in [-0.1, -0.05) is 26.0 Å². The number of nitrogens with one attached hydrogen (secondary N) is 1. The Balaban J connectivity index is 1.93. The number of benzene rings is 1. The molecule has 0 aromatic heterocycles. The van der Waals surface area contributed by atoms with Crippen LogP contribution in [0.3, 0.4) is 0 Å². The fourth-order valence-electron chi connectivity index (χ4n) is 2.35. The van der Waals surface area contributed by atoms with E-state index in [1.54, 1.807) is 6.08 Å². The topological polar surface area (TPSA) is 71.3 Å². The number of amides is 1. The van der Waals surface area contributed by atoms with Crippen molar-refractivity contribution in [2.24, 2.45) is 5.92 Å². The van der Waals surface area contributed by atoms with E-state index in [0.717, 1.165) is 30.8 Å². The molecule has 5 heteroatoms. The van der Waals surface area contributed by atoms with E-state index in [1.807, 2.05) is 30.3 Å². The summed E-state index contributed by atoms with van der Waals surface area (Å²) in [6.07, 6.45) is 3.61. The normalized spacial score (nSPS) is 17.6. The quantitative estimate of drug-likeness (QED) is 0.617. The van der Waals surface area contributed by atoms with Gasteiger partial charge in [-0.2, -0.15) is 5.26 Å². The lowest BCUT2D eigenvalue weighted by molar-refractivity contribution is -0.117. The van der Waals surface area contributed by atoms with Crippen LogP contribution in [0.25, 0.3) is 6.08 Å². The molecule has 1 atom stereocenters. The maximum Gasteiger partial charge on any atom is 0.262 e. The van der Waals surface area contributed by atoms with Crippen molar-refractivity contribution in [1.82, 2.24) is 5.32 Å². The molecule has 0 saturated carbocycles. The summed E-state index contributed by atoms with van der Waals surface area (Å²) in [6, 6.07) is 9.31.